The molecule has 1 aromatic carbocycles. The standard InChI is InChI=1S/C20H28ClFN3O3P/c21-19-13-18(14-23-10-4-12-29(26,27)28)25-15-20(19)24-11-3-1-2-5-16-6-8-17(22)9-7-16/h6-9,13,15,23-24H,1-5,10-12,14H2,(H2,26,27,28). The number of aromatic nitrogens is 1. The van der Waals surface area contributed by atoms with Crippen LogP contribution in [-0.2, 0) is 17.5 Å². The summed E-state index contributed by atoms with van der Waals surface area (Å²) < 4.78 is 23.7. The Bertz CT molecular complexity index is 802. The second kappa shape index (κ2) is 12.3. The van der Waals surface area contributed by atoms with Gasteiger partial charge in [-0.2, -0.15) is 0 Å². The van der Waals surface area contributed by atoms with E-state index < -0.39 is 7.60 Å². The fourth-order valence-corrected chi connectivity index (χ4v) is 3.64. The molecule has 0 saturated carbocycles. The van der Waals surface area contributed by atoms with Crippen LogP contribution in [0.1, 0.15) is 36.9 Å². The molecule has 0 bridgehead atoms. The highest BCUT2D eigenvalue weighted by Crippen LogP contribution is 2.34. The lowest BCUT2D eigenvalue weighted by molar-refractivity contribution is 0.371. The first-order chi connectivity index (χ1) is 13.8. The number of hydrogen-bond acceptors (Lipinski definition) is 4. The van der Waals surface area contributed by atoms with Gasteiger partial charge in [-0.05, 0) is 56.0 Å². The molecule has 0 spiro atoms. The number of anilines is 1. The second-order valence-corrected chi connectivity index (χ2v) is 9.12. The molecule has 0 unspecified atom stereocenters. The minimum atomic E-state index is -3.93. The predicted molar refractivity (Wildman–Crippen MR) is 115 cm³/mol. The molecule has 2 aromatic rings. The van der Waals surface area contributed by atoms with Gasteiger partial charge in [0.15, 0.2) is 0 Å². The van der Waals surface area contributed by atoms with E-state index in [1.165, 1.54) is 12.1 Å². The highest BCUT2D eigenvalue weighted by atomic mass is 35.5. The number of benzene rings is 1. The van der Waals surface area contributed by atoms with Gasteiger partial charge in [0.25, 0.3) is 0 Å². The maximum Gasteiger partial charge on any atom is 0.325 e. The molecule has 0 radical (unpaired) electrons. The lowest BCUT2D eigenvalue weighted by Crippen LogP contribution is -2.16. The van der Waals surface area contributed by atoms with E-state index in [-0.39, 0.29) is 12.0 Å². The van der Waals surface area contributed by atoms with Crippen LogP contribution >= 0.6 is 19.2 Å². The highest BCUT2D eigenvalue weighted by molar-refractivity contribution is 7.51. The fraction of sp³-hybridized carbons (Fsp3) is 0.450. The van der Waals surface area contributed by atoms with Gasteiger partial charge in [0.1, 0.15) is 5.82 Å². The van der Waals surface area contributed by atoms with Gasteiger partial charge in [0.2, 0.25) is 0 Å². The molecule has 0 aliphatic heterocycles. The molecule has 6 nitrogen and oxygen atoms in total. The first-order valence-electron chi connectivity index (χ1n) is 9.71. The SMILES string of the molecule is O=P(O)(O)CCCNCc1cc(Cl)c(NCCCCCc2ccc(F)cc2)cn1. The van der Waals surface area contributed by atoms with Crippen LogP contribution in [0.25, 0.3) is 0 Å². The Labute approximate surface area is 176 Å². The van der Waals surface area contributed by atoms with E-state index in [0.29, 0.717) is 24.5 Å². The molecule has 2 rings (SSSR count). The Hall–Kier alpha value is -1.50. The van der Waals surface area contributed by atoms with Crippen molar-refractivity contribution in [3.8, 4) is 0 Å². The third kappa shape index (κ3) is 10.2. The molecule has 4 N–H and O–H groups in total. The first-order valence-corrected chi connectivity index (χ1v) is 11.9. The predicted octanol–water partition coefficient (Wildman–Crippen LogP) is 4.36. The zero-order chi connectivity index (χ0) is 21.1. The molecular formula is C20H28ClFN3O3P. The number of nitrogens with one attached hydrogen (secondary N) is 2. The highest BCUT2D eigenvalue weighted by Gasteiger charge is 2.11. The van der Waals surface area contributed by atoms with Crippen LogP contribution in [-0.4, -0.2) is 34.0 Å². The lowest BCUT2D eigenvalue weighted by atomic mass is 10.1. The van der Waals surface area contributed by atoms with Crippen LogP contribution < -0.4 is 10.6 Å². The van der Waals surface area contributed by atoms with Gasteiger partial charge in [0.05, 0.1) is 28.8 Å². The van der Waals surface area contributed by atoms with E-state index in [9.17, 15) is 8.96 Å². The zero-order valence-corrected chi connectivity index (χ0v) is 17.9. The number of nitrogens with zero attached hydrogens (tertiary/aromatic N) is 1. The van der Waals surface area contributed by atoms with Gasteiger partial charge in [-0.15, -0.1) is 0 Å². The summed E-state index contributed by atoms with van der Waals surface area (Å²) in [5.41, 5.74) is 2.71. The fourth-order valence-electron chi connectivity index (χ4n) is 2.83. The third-order valence-corrected chi connectivity index (χ3v) is 5.60. The van der Waals surface area contributed by atoms with Gasteiger partial charge in [-0.3, -0.25) is 9.55 Å². The minimum Gasteiger partial charge on any atom is -0.383 e. The van der Waals surface area contributed by atoms with Gasteiger partial charge in [0, 0.05) is 13.1 Å². The summed E-state index contributed by atoms with van der Waals surface area (Å²) in [6, 6.07) is 8.43. The Morgan fingerprint density at radius 2 is 1.83 bits per heavy atom. The largest absolute Gasteiger partial charge is 0.383 e. The van der Waals surface area contributed by atoms with Crippen molar-refractivity contribution in [1.29, 1.82) is 0 Å². The summed E-state index contributed by atoms with van der Waals surface area (Å²) in [4.78, 5) is 22.0. The number of hydrogen-bond donors (Lipinski definition) is 4. The summed E-state index contributed by atoms with van der Waals surface area (Å²) in [5.74, 6) is -0.204. The minimum absolute atomic E-state index is 0.124. The van der Waals surface area contributed by atoms with Crippen molar-refractivity contribution in [1.82, 2.24) is 10.3 Å². The molecular weight excluding hydrogens is 416 g/mol. The van der Waals surface area contributed by atoms with Crippen molar-refractivity contribution in [3.05, 3.63) is 58.6 Å². The summed E-state index contributed by atoms with van der Waals surface area (Å²) in [7, 11) is -3.93. The topological polar surface area (TPSA) is 94.5 Å². The molecule has 1 heterocycles. The number of unbranched alkanes of at least 4 members (excludes halogenated alkanes) is 2. The number of rotatable bonds is 13. The average molecular weight is 444 g/mol. The number of halogens is 2. The van der Waals surface area contributed by atoms with E-state index in [2.05, 4.69) is 15.6 Å². The van der Waals surface area contributed by atoms with Gasteiger partial charge in [-0.1, -0.05) is 30.2 Å². The quantitative estimate of drug-likeness (QED) is 0.271. The monoisotopic (exact) mass is 443 g/mol. The molecule has 1 aromatic heterocycles. The molecule has 0 atom stereocenters. The first kappa shape index (κ1) is 23.8. The van der Waals surface area contributed by atoms with Gasteiger partial charge in [-0.25, -0.2) is 4.39 Å². The maximum atomic E-state index is 12.9. The van der Waals surface area contributed by atoms with Gasteiger partial charge < -0.3 is 20.4 Å². The van der Waals surface area contributed by atoms with Crippen molar-refractivity contribution >= 4 is 24.9 Å². The maximum absolute atomic E-state index is 12.9. The van der Waals surface area contributed by atoms with E-state index >= 15 is 0 Å². The molecule has 29 heavy (non-hydrogen) atoms. The Balaban J connectivity index is 1.60. The normalized spacial score (nSPS) is 11.6. The van der Waals surface area contributed by atoms with E-state index in [0.717, 1.165) is 49.2 Å². The van der Waals surface area contributed by atoms with E-state index in [1.54, 1.807) is 12.3 Å². The Morgan fingerprint density at radius 3 is 2.52 bits per heavy atom. The van der Waals surface area contributed by atoms with Crippen LogP contribution in [0, 0.1) is 5.82 Å². The van der Waals surface area contributed by atoms with Crippen molar-refractivity contribution in [3.63, 3.8) is 0 Å². The molecule has 0 saturated heterocycles. The van der Waals surface area contributed by atoms with Crippen LogP contribution in [0.15, 0.2) is 36.5 Å². The third-order valence-electron chi connectivity index (χ3n) is 4.39. The van der Waals surface area contributed by atoms with Crippen LogP contribution in [0.5, 0.6) is 0 Å². The van der Waals surface area contributed by atoms with E-state index in [1.807, 2.05) is 12.1 Å². The van der Waals surface area contributed by atoms with Gasteiger partial charge >= 0.3 is 7.60 Å². The molecule has 0 aliphatic rings. The molecule has 9 heteroatoms. The molecule has 0 aliphatic carbocycles. The molecule has 0 amide bonds. The molecule has 160 valence electrons. The van der Waals surface area contributed by atoms with Crippen LogP contribution in [0.2, 0.25) is 5.02 Å². The van der Waals surface area contributed by atoms with E-state index in [4.69, 9.17) is 21.4 Å². The average Bonchev–Trinajstić information content (AvgIpc) is 2.66. The van der Waals surface area contributed by atoms with Crippen molar-refractivity contribution in [2.75, 3.05) is 24.6 Å². The zero-order valence-electron chi connectivity index (χ0n) is 16.3. The summed E-state index contributed by atoms with van der Waals surface area (Å²) in [6.45, 7) is 1.79. The smallest absolute Gasteiger partial charge is 0.325 e. The Kier molecular flexibility index (Phi) is 10.0. The van der Waals surface area contributed by atoms with Crippen LogP contribution in [0.4, 0.5) is 10.1 Å². The second-order valence-electron chi connectivity index (χ2n) is 6.94. The summed E-state index contributed by atoms with van der Waals surface area (Å²) in [5, 5.41) is 6.98. The Morgan fingerprint density at radius 1 is 1.07 bits per heavy atom. The molecule has 0 fully saturated rings. The lowest BCUT2D eigenvalue weighted by Gasteiger charge is -2.10. The summed E-state index contributed by atoms with van der Waals surface area (Å²) in [6.07, 6.45) is 6.03. The van der Waals surface area contributed by atoms with Crippen LogP contribution in [0.3, 0.4) is 0 Å². The number of aryl methyl sites for hydroxylation is 1. The van der Waals surface area contributed by atoms with Crippen molar-refractivity contribution in [2.24, 2.45) is 0 Å². The number of pyridine rings is 1. The van der Waals surface area contributed by atoms with Crippen molar-refractivity contribution in [2.45, 2.75) is 38.6 Å². The summed E-state index contributed by atoms with van der Waals surface area (Å²) >= 11 is 6.30. The van der Waals surface area contributed by atoms with Crippen molar-refractivity contribution < 1.29 is 18.7 Å².